The van der Waals surface area contributed by atoms with Gasteiger partial charge in [0.15, 0.2) is 11.5 Å². The van der Waals surface area contributed by atoms with Crippen LogP contribution in [0.3, 0.4) is 0 Å². The van der Waals surface area contributed by atoms with Gasteiger partial charge in [-0.05, 0) is 60.1 Å². The van der Waals surface area contributed by atoms with Crippen LogP contribution in [0, 0.1) is 0 Å². The lowest BCUT2D eigenvalue weighted by Gasteiger charge is -2.28. The molecule has 0 N–H and O–H groups in total. The van der Waals surface area contributed by atoms with E-state index in [4.69, 9.17) is 9.47 Å². The summed E-state index contributed by atoms with van der Waals surface area (Å²) in [5.41, 5.74) is 3.64. The van der Waals surface area contributed by atoms with Gasteiger partial charge >= 0.3 is 11.9 Å². The standard InChI is InChI=1S/C31H36O4/c1-6-8-20-25-26(31(3,4)5)21-24(15-7-2)27(34-29(32)22-16-11-9-12-17-22)28(25)35-30(33)23-18-13-10-14-19-23/h9-14,16-19,21H,6-8,15,20H2,1-5H3. The third-order valence-corrected chi connectivity index (χ3v) is 5.93. The summed E-state index contributed by atoms with van der Waals surface area (Å²) in [5, 5.41) is 0. The SMILES string of the molecule is CCCCc1c(C(C)(C)C)cc(CCC)c(OC(=O)c2ccccc2)c1OC(=O)c1ccccc1. The van der Waals surface area contributed by atoms with Crippen LogP contribution in [0.2, 0.25) is 0 Å². The Kier molecular flexibility index (Phi) is 8.86. The molecule has 0 aliphatic rings. The van der Waals surface area contributed by atoms with Gasteiger partial charge in [0, 0.05) is 5.56 Å². The van der Waals surface area contributed by atoms with Crippen LogP contribution in [0.1, 0.15) is 91.3 Å². The van der Waals surface area contributed by atoms with Gasteiger partial charge < -0.3 is 9.47 Å². The first-order chi connectivity index (χ1) is 16.8. The first-order valence-corrected chi connectivity index (χ1v) is 12.5. The van der Waals surface area contributed by atoms with Crippen molar-refractivity contribution in [1.82, 2.24) is 0 Å². The largest absolute Gasteiger partial charge is 0.419 e. The molecule has 0 atom stereocenters. The van der Waals surface area contributed by atoms with Crippen LogP contribution in [-0.4, -0.2) is 11.9 Å². The third kappa shape index (κ3) is 6.60. The summed E-state index contributed by atoms with van der Waals surface area (Å²) in [6, 6.07) is 20.0. The number of ether oxygens (including phenoxy) is 2. The molecule has 0 aromatic heterocycles. The highest BCUT2D eigenvalue weighted by molar-refractivity contribution is 5.93. The molecule has 184 valence electrons. The lowest BCUT2D eigenvalue weighted by atomic mass is 9.80. The maximum atomic E-state index is 13.2. The van der Waals surface area contributed by atoms with Gasteiger partial charge in [0.05, 0.1) is 11.1 Å². The zero-order valence-electron chi connectivity index (χ0n) is 21.5. The molecule has 4 heteroatoms. The summed E-state index contributed by atoms with van der Waals surface area (Å²) in [6.07, 6.45) is 4.21. The van der Waals surface area contributed by atoms with Crippen LogP contribution >= 0.6 is 0 Å². The highest BCUT2D eigenvalue weighted by Gasteiger charge is 2.29. The van der Waals surface area contributed by atoms with Crippen molar-refractivity contribution < 1.29 is 19.1 Å². The number of hydrogen-bond acceptors (Lipinski definition) is 4. The zero-order chi connectivity index (χ0) is 25.4. The number of carbonyl (C=O) groups excluding carboxylic acids is 2. The average molecular weight is 473 g/mol. The predicted octanol–water partition coefficient (Wildman–Crippen LogP) is 7.72. The minimum Gasteiger partial charge on any atom is -0.419 e. The lowest BCUT2D eigenvalue weighted by Crippen LogP contribution is -2.20. The van der Waals surface area contributed by atoms with Crippen molar-refractivity contribution in [3.05, 3.63) is 94.5 Å². The summed E-state index contributed by atoms with van der Waals surface area (Å²) < 4.78 is 12.1. The lowest BCUT2D eigenvalue weighted by molar-refractivity contribution is 0.0679. The van der Waals surface area contributed by atoms with Crippen LogP contribution in [0.5, 0.6) is 11.5 Å². The van der Waals surface area contributed by atoms with Crippen molar-refractivity contribution in [2.24, 2.45) is 0 Å². The highest BCUT2D eigenvalue weighted by Crippen LogP contribution is 2.43. The van der Waals surface area contributed by atoms with Crippen molar-refractivity contribution in [1.29, 1.82) is 0 Å². The normalized spacial score (nSPS) is 11.2. The fourth-order valence-corrected chi connectivity index (χ4v) is 4.13. The van der Waals surface area contributed by atoms with Gasteiger partial charge in [-0.2, -0.15) is 0 Å². The molecule has 0 saturated heterocycles. The van der Waals surface area contributed by atoms with Crippen LogP contribution < -0.4 is 9.47 Å². The minimum absolute atomic E-state index is 0.179. The second kappa shape index (κ2) is 11.8. The van der Waals surface area contributed by atoms with E-state index >= 15 is 0 Å². The van der Waals surface area contributed by atoms with E-state index in [1.807, 2.05) is 12.1 Å². The van der Waals surface area contributed by atoms with E-state index in [0.717, 1.165) is 42.4 Å². The quantitative estimate of drug-likeness (QED) is 0.236. The molecule has 3 aromatic carbocycles. The van der Waals surface area contributed by atoms with Gasteiger partial charge in [0.1, 0.15) is 0 Å². The van der Waals surface area contributed by atoms with E-state index in [2.05, 4.69) is 40.7 Å². The number of rotatable bonds is 9. The Hall–Kier alpha value is -3.40. The fraction of sp³-hybridized carbons (Fsp3) is 0.355. The molecule has 0 fully saturated rings. The van der Waals surface area contributed by atoms with E-state index in [0.29, 0.717) is 29.0 Å². The van der Waals surface area contributed by atoms with Crippen molar-refractivity contribution in [2.45, 2.75) is 72.1 Å². The molecular weight excluding hydrogens is 436 g/mol. The van der Waals surface area contributed by atoms with Gasteiger partial charge in [-0.25, -0.2) is 9.59 Å². The van der Waals surface area contributed by atoms with Gasteiger partial charge in [-0.3, -0.25) is 0 Å². The molecule has 0 aliphatic carbocycles. The second-order valence-electron chi connectivity index (χ2n) is 9.83. The molecule has 0 unspecified atom stereocenters. The van der Waals surface area contributed by atoms with Crippen molar-refractivity contribution >= 4 is 11.9 Å². The molecule has 4 nitrogen and oxygen atoms in total. The van der Waals surface area contributed by atoms with E-state index < -0.39 is 11.9 Å². The van der Waals surface area contributed by atoms with E-state index in [1.54, 1.807) is 48.5 Å². The van der Waals surface area contributed by atoms with Gasteiger partial charge in [-0.1, -0.05) is 89.9 Å². The average Bonchev–Trinajstić information content (AvgIpc) is 2.85. The van der Waals surface area contributed by atoms with Crippen molar-refractivity contribution in [2.75, 3.05) is 0 Å². The fourth-order valence-electron chi connectivity index (χ4n) is 4.13. The van der Waals surface area contributed by atoms with E-state index in [1.165, 1.54) is 0 Å². The Balaban J connectivity index is 2.22. The summed E-state index contributed by atoms with van der Waals surface area (Å²) in [4.78, 5) is 26.3. The molecule has 0 spiro atoms. The summed E-state index contributed by atoms with van der Waals surface area (Å²) in [6.45, 7) is 10.7. The zero-order valence-corrected chi connectivity index (χ0v) is 21.5. The van der Waals surface area contributed by atoms with Crippen LogP contribution in [0.25, 0.3) is 0 Å². The smallest absolute Gasteiger partial charge is 0.343 e. The van der Waals surface area contributed by atoms with Gasteiger partial charge in [0.25, 0.3) is 0 Å². The van der Waals surface area contributed by atoms with Crippen LogP contribution in [0.4, 0.5) is 0 Å². The molecule has 0 aliphatic heterocycles. The van der Waals surface area contributed by atoms with Crippen molar-refractivity contribution in [3.8, 4) is 11.5 Å². The number of carbonyl (C=O) groups is 2. The third-order valence-electron chi connectivity index (χ3n) is 5.93. The van der Waals surface area contributed by atoms with E-state index in [-0.39, 0.29) is 5.41 Å². The molecule has 3 aromatic rings. The Morgan fingerprint density at radius 1 is 0.714 bits per heavy atom. The highest BCUT2D eigenvalue weighted by atomic mass is 16.6. The number of esters is 2. The topological polar surface area (TPSA) is 52.6 Å². The molecule has 0 heterocycles. The summed E-state index contributed by atoms with van der Waals surface area (Å²) in [7, 11) is 0. The number of hydrogen-bond donors (Lipinski definition) is 0. The Morgan fingerprint density at radius 3 is 1.69 bits per heavy atom. The summed E-state index contributed by atoms with van der Waals surface area (Å²) in [5.74, 6) is -0.213. The molecule has 3 rings (SSSR count). The minimum atomic E-state index is -0.468. The Labute approximate surface area is 209 Å². The molecule has 0 amide bonds. The molecule has 0 bridgehead atoms. The van der Waals surface area contributed by atoms with Crippen molar-refractivity contribution in [3.63, 3.8) is 0 Å². The molecular formula is C31H36O4. The van der Waals surface area contributed by atoms with Gasteiger partial charge in [0.2, 0.25) is 0 Å². The maximum Gasteiger partial charge on any atom is 0.343 e. The van der Waals surface area contributed by atoms with Gasteiger partial charge in [-0.15, -0.1) is 0 Å². The first-order valence-electron chi connectivity index (χ1n) is 12.5. The number of benzene rings is 3. The van der Waals surface area contributed by atoms with Crippen LogP contribution in [0.15, 0.2) is 66.7 Å². The van der Waals surface area contributed by atoms with Crippen LogP contribution in [-0.2, 0) is 18.3 Å². The first kappa shape index (κ1) is 26.2. The Morgan fingerprint density at radius 2 is 1.23 bits per heavy atom. The number of aryl methyl sites for hydroxylation is 1. The van der Waals surface area contributed by atoms with E-state index in [9.17, 15) is 9.59 Å². The number of unbranched alkanes of at least 4 members (excludes halogenated alkanes) is 1. The maximum absolute atomic E-state index is 13.2. The second-order valence-corrected chi connectivity index (χ2v) is 9.83. The molecule has 0 saturated carbocycles. The predicted molar refractivity (Wildman–Crippen MR) is 141 cm³/mol. The Bertz CT molecular complexity index is 1140. The summed E-state index contributed by atoms with van der Waals surface area (Å²) >= 11 is 0. The molecule has 35 heavy (non-hydrogen) atoms. The molecule has 0 radical (unpaired) electrons. The monoisotopic (exact) mass is 472 g/mol.